The summed E-state index contributed by atoms with van der Waals surface area (Å²) in [6.07, 6.45) is 1.86. The van der Waals surface area contributed by atoms with Gasteiger partial charge in [0.05, 0.1) is 19.2 Å². The molecule has 2 aromatic rings. The fourth-order valence-corrected chi connectivity index (χ4v) is 2.04. The number of halogens is 1. The number of carbonyl (C=O) groups excluding carboxylic acids is 1. The number of carbonyl (C=O) groups is 1. The van der Waals surface area contributed by atoms with Crippen LogP contribution >= 0.6 is 11.6 Å². The van der Waals surface area contributed by atoms with Gasteiger partial charge in [0.2, 0.25) is 5.91 Å². The molecule has 0 heterocycles. The van der Waals surface area contributed by atoms with E-state index in [9.17, 15) is 4.79 Å². The minimum Gasteiger partial charge on any atom is -0.493 e. The van der Waals surface area contributed by atoms with E-state index in [0.717, 1.165) is 16.9 Å². The normalized spacial score (nSPS) is 11.0. The van der Waals surface area contributed by atoms with Crippen molar-refractivity contribution in [3.63, 3.8) is 0 Å². The molecule has 0 aliphatic carbocycles. The van der Waals surface area contributed by atoms with Crippen molar-refractivity contribution in [1.29, 1.82) is 0 Å². The van der Waals surface area contributed by atoms with Crippen molar-refractivity contribution in [2.75, 3.05) is 6.61 Å². The van der Waals surface area contributed by atoms with Crippen molar-refractivity contribution >= 4 is 23.7 Å². The van der Waals surface area contributed by atoms with Crippen molar-refractivity contribution < 1.29 is 9.53 Å². The number of nitrogens with one attached hydrogen (secondary N) is 1. The first-order chi connectivity index (χ1) is 11.5. The third-order valence-electron chi connectivity index (χ3n) is 3.14. The Labute approximate surface area is 147 Å². The fourth-order valence-electron chi connectivity index (χ4n) is 1.92. The van der Waals surface area contributed by atoms with Crippen LogP contribution < -0.4 is 10.2 Å². The molecule has 4 nitrogen and oxygen atoms in total. The molecule has 0 aliphatic heterocycles. The number of benzene rings is 2. The Morgan fingerprint density at radius 2 is 1.83 bits per heavy atom. The van der Waals surface area contributed by atoms with Gasteiger partial charge in [-0.2, -0.15) is 5.10 Å². The molecule has 1 N–H and O–H groups in total. The van der Waals surface area contributed by atoms with Crippen LogP contribution in [-0.4, -0.2) is 18.7 Å². The zero-order valence-electron chi connectivity index (χ0n) is 13.8. The zero-order chi connectivity index (χ0) is 17.4. The first-order valence-corrected chi connectivity index (χ1v) is 8.20. The first-order valence-electron chi connectivity index (χ1n) is 7.82. The van der Waals surface area contributed by atoms with Crippen molar-refractivity contribution in [3.8, 4) is 5.75 Å². The Morgan fingerprint density at radius 3 is 2.46 bits per heavy atom. The maximum absolute atomic E-state index is 11.8. The molecule has 0 fully saturated rings. The molecule has 5 heteroatoms. The van der Waals surface area contributed by atoms with E-state index >= 15 is 0 Å². The van der Waals surface area contributed by atoms with Crippen LogP contribution in [0.5, 0.6) is 5.75 Å². The lowest BCUT2D eigenvalue weighted by molar-refractivity contribution is -0.120. The van der Waals surface area contributed by atoms with E-state index in [-0.39, 0.29) is 12.3 Å². The molecule has 0 aliphatic rings. The van der Waals surface area contributed by atoms with E-state index in [2.05, 4.69) is 24.4 Å². The van der Waals surface area contributed by atoms with Gasteiger partial charge in [-0.15, -0.1) is 0 Å². The van der Waals surface area contributed by atoms with Gasteiger partial charge < -0.3 is 4.74 Å². The fraction of sp³-hybridized carbons (Fsp3) is 0.263. The van der Waals surface area contributed by atoms with Crippen LogP contribution in [0.3, 0.4) is 0 Å². The molecule has 0 unspecified atom stereocenters. The number of hydrogen-bond acceptors (Lipinski definition) is 3. The van der Waals surface area contributed by atoms with Crippen molar-refractivity contribution in [2.45, 2.75) is 20.3 Å². The monoisotopic (exact) mass is 344 g/mol. The van der Waals surface area contributed by atoms with Gasteiger partial charge in [0, 0.05) is 5.02 Å². The summed E-state index contributed by atoms with van der Waals surface area (Å²) in [7, 11) is 0. The van der Waals surface area contributed by atoms with Gasteiger partial charge >= 0.3 is 0 Å². The minimum absolute atomic E-state index is 0.176. The lowest BCUT2D eigenvalue weighted by atomic mass is 10.1. The highest BCUT2D eigenvalue weighted by molar-refractivity contribution is 6.30. The Balaban J connectivity index is 1.80. The van der Waals surface area contributed by atoms with Gasteiger partial charge in [-0.3, -0.25) is 4.79 Å². The maximum atomic E-state index is 11.8. The quantitative estimate of drug-likeness (QED) is 0.608. The Morgan fingerprint density at radius 1 is 1.17 bits per heavy atom. The highest BCUT2D eigenvalue weighted by Crippen LogP contribution is 2.12. The van der Waals surface area contributed by atoms with Crippen LogP contribution in [0, 0.1) is 5.92 Å². The maximum Gasteiger partial charge on any atom is 0.244 e. The largest absolute Gasteiger partial charge is 0.493 e. The molecular formula is C19H21ClN2O2. The predicted molar refractivity (Wildman–Crippen MR) is 97.7 cm³/mol. The van der Waals surface area contributed by atoms with Gasteiger partial charge in [0.1, 0.15) is 5.75 Å². The highest BCUT2D eigenvalue weighted by Gasteiger charge is 2.02. The van der Waals surface area contributed by atoms with E-state index in [0.29, 0.717) is 17.5 Å². The predicted octanol–water partition coefficient (Wildman–Crippen LogP) is 4.07. The van der Waals surface area contributed by atoms with Gasteiger partial charge in [-0.25, -0.2) is 5.43 Å². The van der Waals surface area contributed by atoms with Crippen LogP contribution in [0.15, 0.2) is 53.6 Å². The van der Waals surface area contributed by atoms with E-state index in [1.54, 1.807) is 18.3 Å². The summed E-state index contributed by atoms with van der Waals surface area (Å²) in [5.41, 5.74) is 4.29. The molecule has 0 spiro atoms. The molecule has 1 amide bonds. The number of ether oxygens (including phenoxy) is 1. The summed E-state index contributed by atoms with van der Waals surface area (Å²) >= 11 is 5.81. The number of hydrogen-bond donors (Lipinski definition) is 1. The molecule has 0 atom stereocenters. The lowest BCUT2D eigenvalue weighted by Crippen LogP contribution is -2.19. The number of amides is 1. The average molecular weight is 345 g/mol. The summed E-state index contributed by atoms with van der Waals surface area (Å²) in [5.74, 6) is 1.14. The Hall–Kier alpha value is -2.33. The Bertz CT molecular complexity index is 680. The summed E-state index contributed by atoms with van der Waals surface area (Å²) < 4.78 is 5.62. The summed E-state index contributed by atoms with van der Waals surface area (Å²) in [5, 5.41) is 4.62. The van der Waals surface area contributed by atoms with Gasteiger partial charge in [0.25, 0.3) is 0 Å². The minimum atomic E-state index is -0.176. The van der Waals surface area contributed by atoms with Crippen molar-refractivity contribution in [1.82, 2.24) is 5.43 Å². The van der Waals surface area contributed by atoms with E-state index < -0.39 is 0 Å². The molecule has 0 bridgehead atoms. The highest BCUT2D eigenvalue weighted by atomic mass is 35.5. The van der Waals surface area contributed by atoms with Gasteiger partial charge in [-0.1, -0.05) is 37.6 Å². The number of hydrazone groups is 1. The third-order valence-corrected chi connectivity index (χ3v) is 3.40. The third kappa shape index (κ3) is 6.42. The van der Waals surface area contributed by atoms with Crippen molar-refractivity contribution in [3.05, 3.63) is 64.7 Å². The standard InChI is InChI=1S/C19H21ClN2O2/c1-14(2)13-24-18-9-5-16(6-10-18)12-21-22-19(23)11-15-3-7-17(20)8-4-15/h3-10,12,14H,11,13H2,1-2H3,(H,22,23)/b21-12-. The second-order valence-electron chi connectivity index (χ2n) is 5.87. The van der Waals surface area contributed by atoms with Crippen LogP contribution in [0.1, 0.15) is 25.0 Å². The van der Waals surface area contributed by atoms with Gasteiger partial charge in [-0.05, 0) is 53.4 Å². The number of rotatable bonds is 7. The van der Waals surface area contributed by atoms with Gasteiger partial charge in [0.15, 0.2) is 0 Å². The summed E-state index contributed by atoms with van der Waals surface area (Å²) in [4.78, 5) is 11.8. The van der Waals surface area contributed by atoms with Crippen LogP contribution in [0.25, 0.3) is 0 Å². The van der Waals surface area contributed by atoms with E-state index in [4.69, 9.17) is 16.3 Å². The van der Waals surface area contributed by atoms with Crippen LogP contribution in [0.4, 0.5) is 0 Å². The Kier molecular flexibility index (Phi) is 6.82. The molecule has 2 rings (SSSR count). The molecule has 0 saturated carbocycles. The number of nitrogens with zero attached hydrogens (tertiary/aromatic N) is 1. The topological polar surface area (TPSA) is 50.7 Å². The molecular weight excluding hydrogens is 324 g/mol. The lowest BCUT2D eigenvalue weighted by Gasteiger charge is -2.08. The summed E-state index contributed by atoms with van der Waals surface area (Å²) in [6, 6.07) is 14.7. The molecule has 24 heavy (non-hydrogen) atoms. The first kappa shape index (κ1) is 18.0. The molecule has 126 valence electrons. The molecule has 0 radical (unpaired) electrons. The average Bonchev–Trinajstić information content (AvgIpc) is 2.56. The summed E-state index contributed by atoms with van der Waals surface area (Å²) in [6.45, 7) is 4.90. The zero-order valence-corrected chi connectivity index (χ0v) is 14.6. The van der Waals surface area contributed by atoms with Crippen LogP contribution in [0.2, 0.25) is 5.02 Å². The SMILES string of the molecule is CC(C)COc1ccc(/C=N\NC(=O)Cc2ccc(Cl)cc2)cc1. The van der Waals surface area contributed by atoms with Crippen LogP contribution in [-0.2, 0) is 11.2 Å². The molecule has 0 aromatic heterocycles. The smallest absolute Gasteiger partial charge is 0.244 e. The van der Waals surface area contributed by atoms with E-state index in [1.165, 1.54) is 0 Å². The molecule has 2 aromatic carbocycles. The second-order valence-corrected chi connectivity index (χ2v) is 6.31. The van der Waals surface area contributed by atoms with E-state index in [1.807, 2.05) is 36.4 Å². The molecule has 0 saturated heterocycles. The second kappa shape index (κ2) is 9.08. The van der Waals surface area contributed by atoms with Crippen molar-refractivity contribution in [2.24, 2.45) is 11.0 Å².